The summed E-state index contributed by atoms with van der Waals surface area (Å²) in [6, 6.07) is 10.2. The average molecular weight is 367 g/mol. The number of hydrogen-bond donors (Lipinski definition) is 1. The smallest absolute Gasteiger partial charge is 0.177 e. The zero-order valence-electron chi connectivity index (χ0n) is 9.32. The molecule has 18 heavy (non-hydrogen) atoms. The van der Waals surface area contributed by atoms with E-state index in [1.807, 2.05) is 18.2 Å². The molecule has 5 heteroatoms. The van der Waals surface area contributed by atoms with Crippen molar-refractivity contribution < 1.29 is 0 Å². The number of H-pyrrole nitrogens is 1. The molecule has 0 bridgehead atoms. The SMILES string of the molecule is Brc1cccc(Cc2nc3ncc(Br)cc3[nH]2)c1. The van der Waals surface area contributed by atoms with Crippen molar-refractivity contribution in [3.05, 3.63) is 56.9 Å². The number of aromatic nitrogens is 3. The van der Waals surface area contributed by atoms with Crippen LogP contribution in [0.4, 0.5) is 0 Å². The largest absolute Gasteiger partial charge is 0.340 e. The van der Waals surface area contributed by atoms with Crippen LogP contribution in [0.2, 0.25) is 0 Å². The van der Waals surface area contributed by atoms with Crippen LogP contribution in [0.3, 0.4) is 0 Å². The van der Waals surface area contributed by atoms with Gasteiger partial charge in [-0.25, -0.2) is 9.97 Å². The molecule has 0 atom stereocenters. The maximum absolute atomic E-state index is 4.48. The third-order valence-corrected chi connectivity index (χ3v) is 3.54. The van der Waals surface area contributed by atoms with Gasteiger partial charge in [0.2, 0.25) is 0 Å². The molecule has 0 aliphatic heterocycles. The summed E-state index contributed by atoms with van der Waals surface area (Å²) in [5, 5.41) is 0. The highest BCUT2D eigenvalue weighted by molar-refractivity contribution is 9.10. The molecule has 1 N–H and O–H groups in total. The van der Waals surface area contributed by atoms with Crippen LogP contribution in [0.5, 0.6) is 0 Å². The minimum atomic E-state index is 0.753. The van der Waals surface area contributed by atoms with E-state index in [9.17, 15) is 0 Å². The summed E-state index contributed by atoms with van der Waals surface area (Å²) in [5.41, 5.74) is 2.92. The maximum atomic E-state index is 4.48. The minimum Gasteiger partial charge on any atom is -0.340 e. The zero-order chi connectivity index (χ0) is 12.5. The molecular weight excluding hydrogens is 358 g/mol. The molecule has 2 aromatic heterocycles. The Bertz CT molecular complexity index is 706. The molecule has 0 saturated heterocycles. The van der Waals surface area contributed by atoms with E-state index in [-0.39, 0.29) is 0 Å². The normalized spacial score (nSPS) is 11.0. The van der Waals surface area contributed by atoms with Gasteiger partial charge in [-0.2, -0.15) is 0 Å². The fourth-order valence-electron chi connectivity index (χ4n) is 1.85. The van der Waals surface area contributed by atoms with Crippen LogP contribution in [0.1, 0.15) is 11.4 Å². The van der Waals surface area contributed by atoms with Crippen LogP contribution in [-0.2, 0) is 6.42 Å². The fourth-order valence-corrected chi connectivity index (χ4v) is 2.63. The van der Waals surface area contributed by atoms with Gasteiger partial charge in [-0.15, -0.1) is 0 Å². The molecule has 3 aromatic rings. The van der Waals surface area contributed by atoms with E-state index in [0.717, 1.165) is 32.4 Å². The monoisotopic (exact) mass is 365 g/mol. The second kappa shape index (κ2) is 4.82. The molecule has 0 aliphatic rings. The number of hydrogen-bond acceptors (Lipinski definition) is 2. The summed E-state index contributed by atoms with van der Waals surface area (Å²) >= 11 is 6.87. The summed E-state index contributed by atoms with van der Waals surface area (Å²) in [7, 11) is 0. The minimum absolute atomic E-state index is 0.753. The molecule has 0 spiro atoms. The van der Waals surface area contributed by atoms with E-state index in [0.29, 0.717) is 0 Å². The Morgan fingerprint density at radius 2 is 2.00 bits per heavy atom. The molecule has 2 heterocycles. The molecule has 3 nitrogen and oxygen atoms in total. The van der Waals surface area contributed by atoms with E-state index < -0.39 is 0 Å². The summed E-state index contributed by atoms with van der Waals surface area (Å²) in [6.07, 6.45) is 2.53. The van der Waals surface area contributed by atoms with Gasteiger partial charge in [-0.1, -0.05) is 28.1 Å². The van der Waals surface area contributed by atoms with E-state index in [1.165, 1.54) is 5.56 Å². The number of imidazole rings is 1. The highest BCUT2D eigenvalue weighted by atomic mass is 79.9. The number of pyridine rings is 1. The first-order valence-electron chi connectivity index (χ1n) is 5.45. The van der Waals surface area contributed by atoms with Gasteiger partial charge in [0.05, 0.1) is 5.52 Å². The quantitative estimate of drug-likeness (QED) is 0.742. The highest BCUT2D eigenvalue weighted by Crippen LogP contribution is 2.18. The lowest BCUT2D eigenvalue weighted by atomic mass is 10.1. The number of halogens is 2. The van der Waals surface area contributed by atoms with E-state index >= 15 is 0 Å². The van der Waals surface area contributed by atoms with E-state index in [4.69, 9.17) is 0 Å². The van der Waals surface area contributed by atoms with Crippen molar-refractivity contribution in [3.63, 3.8) is 0 Å². The Hall–Kier alpha value is -1.20. The van der Waals surface area contributed by atoms with Crippen LogP contribution in [0, 0.1) is 0 Å². The first kappa shape index (κ1) is 11.9. The van der Waals surface area contributed by atoms with Crippen molar-refractivity contribution in [2.24, 2.45) is 0 Å². The van der Waals surface area contributed by atoms with Crippen molar-refractivity contribution in [3.8, 4) is 0 Å². The molecule has 1 aromatic carbocycles. The van der Waals surface area contributed by atoms with Gasteiger partial charge < -0.3 is 4.98 Å². The number of rotatable bonds is 2. The van der Waals surface area contributed by atoms with Crippen molar-refractivity contribution in [1.29, 1.82) is 0 Å². The lowest BCUT2D eigenvalue weighted by Gasteiger charge is -1.98. The Morgan fingerprint density at radius 1 is 1.11 bits per heavy atom. The molecular formula is C13H9Br2N3. The van der Waals surface area contributed by atoms with Gasteiger partial charge in [0.25, 0.3) is 0 Å². The van der Waals surface area contributed by atoms with Crippen LogP contribution >= 0.6 is 31.9 Å². The van der Waals surface area contributed by atoms with Crippen LogP contribution in [0.15, 0.2) is 45.5 Å². The molecule has 0 unspecified atom stereocenters. The lowest BCUT2D eigenvalue weighted by molar-refractivity contribution is 1.03. The fraction of sp³-hybridized carbons (Fsp3) is 0.0769. The predicted molar refractivity (Wildman–Crippen MR) is 78.5 cm³/mol. The van der Waals surface area contributed by atoms with E-state index in [2.05, 4.69) is 58.9 Å². The average Bonchev–Trinajstić information content (AvgIpc) is 2.70. The Morgan fingerprint density at radius 3 is 2.83 bits per heavy atom. The van der Waals surface area contributed by atoms with Gasteiger partial charge in [0.1, 0.15) is 5.82 Å². The maximum Gasteiger partial charge on any atom is 0.177 e. The molecule has 0 amide bonds. The van der Waals surface area contributed by atoms with Crippen molar-refractivity contribution in [2.75, 3.05) is 0 Å². The summed E-state index contributed by atoms with van der Waals surface area (Å²) in [4.78, 5) is 12.0. The standard InChI is InChI=1S/C13H9Br2N3/c14-9-3-1-2-8(4-9)5-12-17-11-6-10(15)7-16-13(11)18-12/h1-4,6-7H,5H2,(H,16,17,18). The predicted octanol–water partition coefficient (Wildman–Crippen LogP) is 4.07. The Labute approximate surface area is 121 Å². The van der Waals surface area contributed by atoms with Crippen LogP contribution in [-0.4, -0.2) is 15.0 Å². The number of fused-ring (bicyclic) bond motifs is 1. The Kier molecular flexibility index (Phi) is 3.18. The molecule has 0 radical (unpaired) electrons. The number of nitrogens with one attached hydrogen (secondary N) is 1. The summed E-state index contributed by atoms with van der Waals surface area (Å²) in [6.45, 7) is 0. The topological polar surface area (TPSA) is 41.6 Å². The zero-order valence-corrected chi connectivity index (χ0v) is 12.5. The third-order valence-electron chi connectivity index (χ3n) is 2.61. The molecule has 90 valence electrons. The van der Waals surface area contributed by atoms with Gasteiger partial charge in [-0.3, -0.25) is 0 Å². The third kappa shape index (κ3) is 2.47. The van der Waals surface area contributed by atoms with Crippen molar-refractivity contribution in [2.45, 2.75) is 6.42 Å². The molecule has 0 fully saturated rings. The van der Waals surface area contributed by atoms with Gasteiger partial charge >= 0.3 is 0 Å². The highest BCUT2D eigenvalue weighted by Gasteiger charge is 2.05. The van der Waals surface area contributed by atoms with Gasteiger partial charge in [0.15, 0.2) is 5.65 Å². The first-order chi connectivity index (χ1) is 8.70. The number of nitrogens with zero attached hydrogens (tertiary/aromatic N) is 2. The van der Waals surface area contributed by atoms with Crippen LogP contribution in [0.25, 0.3) is 11.2 Å². The van der Waals surface area contributed by atoms with Gasteiger partial charge in [-0.05, 0) is 39.7 Å². The van der Waals surface area contributed by atoms with Crippen molar-refractivity contribution >= 4 is 43.0 Å². The number of aromatic amines is 1. The second-order valence-corrected chi connectivity index (χ2v) is 5.85. The van der Waals surface area contributed by atoms with Crippen molar-refractivity contribution in [1.82, 2.24) is 15.0 Å². The second-order valence-electron chi connectivity index (χ2n) is 4.01. The van der Waals surface area contributed by atoms with Gasteiger partial charge in [0, 0.05) is 21.6 Å². The van der Waals surface area contributed by atoms with Crippen LogP contribution < -0.4 is 0 Å². The molecule has 0 saturated carbocycles. The van der Waals surface area contributed by atoms with E-state index in [1.54, 1.807) is 6.20 Å². The summed E-state index contributed by atoms with van der Waals surface area (Å²) in [5.74, 6) is 0.925. The summed E-state index contributed by atoms with van der Waals surface area (Å²) < 4.78 is 2.03. The number of benzene rings is 1. The lowest BCUT2D eigenvalue weighted by Crippen LogP contribution is -1.90. The molecule has 0 aliphatic carbocycles. The molecule has 3 rings (SSSR count). The Balaban J connectivity index is 1.95. The first-order valence-corrected chi connectivity index (χ1v) is 7.04.